The van der Waals surface area contributed by atoms with E-state index in [-0.39, 0.29) is 12.7 Å². The van der Waals surface area contributed by atoms with Crippen LogP contribution < -0.4 is 24.8 Å². The Kier molecular flexibility index (Phi) is 4.99. The van der Waals surface area contributed by atoms with Crippen LogP contribution in [0.3, 0.4) is 0 Å². The molecule has 160 valence electrons. The van der Waals surface area contributed by atoms with Crippen LogP contribution in [0.25, 0.3) is 11.3 Å². The van der Waals surface area contributed by atoms with Crippen molar-refractivity contribution in [3.8, 4) is 28.5 Å². The quantitative estimate of drug-likeness (QED) is 0.688. The second-order valence-corrected chi connectivity index (χ2v) is 7.51. The van der Waals surface area contributed by atoms with Crippen LogP contribution in [-0.2, 0) is 24.3 Å². The molecule has 2 aromatic carbocycles. The molecule has 0 atom stereocenters. The minimum absolute atomic E-state index is 0.237. The highest BCUT2D eigenvalue weighted by Crippen LogP contribution is 2.36. The number of nitrogens with zero attached hydrogens (tertiary/aromatic N) is 3. The summed E-state index contributed by atoms with van der Waals surface area (Å²) in [7, 11) is 3.30. The lowest BCUT2D eigenvalue weighted by atomic mass is 9.98. The molecule has 8 heteroatoms. The van der Waals surface area contributed by atoms with E-state index in [1.807, 2.05) is 30.3 Å². The molecule has 3 aromatic rings. The molecule has 8 nitrogen and oxygen atoms in total. The van der Waals surface area contributed by atoms with Gasteiger partial charge in [0.15, 0.2) is 18.3 Å². The highest BCUT2D eigenvalue weighted by Gasteiger charge is 2.23. The first-order chi connectivity index (χ1) is 15.2. The molecule has 0 saturated heterocycles. The van der Waals surface area contributed by atoms with Gasteiger partial charge in [0, 0.05) is 30.3 Å². The van der Waals surface area contributed by atoms with Crippen molar-refractivity contribution < 1.29 is 18.9 Å². The fraction of sp³-hybridized carbons (Fsp3) is 0.304. The van der Waals surface area contributed by atoms with Crippen LogP contribution in [0.2, 0.25) is 0 Å². The van der Waals surface area contributed by atoms with Crippen molar-refractivity contribution in [1.82, 2.24) is 9.97 Å². The van der Waals surface area contributed by atoms with Gasteiger partial charge in [-0.15, -0.1) is 0 Å². The van der Waals surface area contributed by atoms with Crippen molar-refractivity contribution in [2.24, 2.45) is 0 Å². The van der Waals surface area contributed by atoms with Gasteiger partial charge in [0.05, 0.1) is 26.5 Å². The van der Waals surface area contributed by atoms with Crippen LogP contribution in [0.4, 0.5) is 11.8 Å². The number of anilines is 2. The third kappa shape index (κ3) is 3.59. The first-order valence-corrected chi connectivity index (χ1v) is 10.1. The largest absolute Gasteiger partial charge is 0.493 e. The molecule has 5 rings (SSSR count). The average Bonchev–Trinajstić information content (AvgIpc) is 2.82. The minimum Gasteiger partial charge on any atom is -0.493 e. The van der Waals surface area contributed by atoms with Gasteiger partial charge >= 0.3 is 0 Å². The van der Waals surface area contributed by atoms with Gasteiger partial charge in [0.2, 0.25) is 5.95 Å². The second kappa shape index (κ2) is 7.96. The highest BCUT2D eigenvalue weighted by atomic mass is 16.7. The molecule has 3 heterocycles. The monoisotopic (exact) mass is 420 g/mol. The van der Waals surface area contributed by atoms with Crippen molar-refractivity contribution in [2.45, 2.75) is 19.6 Å². The first kappa shape index (κ1) is 19.4. The molecular formula is C23H24N4O4. The first-order valence-electron chi connectivity index (χ1n) is 10.1. The summed E-state index contributed by atoms with van der Waals surface area (Å²) >= 11 is 0. The lowest BCUT2D eigenvalue weighted by molar-refractivity contribution is -0.0160. The van der Waals surface area contributed by atoms with Crippen molar-refractivity contribution >= 4 is 11.8 Å². The van der Waals surface area contributed by atoms with E-state index < -0.39 is 0 Å². The third-order valence-electron chi connectivity index (χ3n) is 5.73. The van der Waals surface area contributed by atoms with Gasteiger partial charge in [-0.1, -0.05) is 12.1 Å². The maximum Gasteiger partial charge on any atom is 0.222 e. The van der Waals surface area contributed by atoms with E-state index in [1.54, 1.807) is 14.2 Å². The van der Waals surface area contributed by atoms with Gasteiger partial charge in [-0.25, -0.2) is 4.98 Å². The summed E-state index contributed by atoms with van der Waals surface area (Å²) in [6.45, 7) is 2.25. The summed E-state index contributed by atoms with van der Waals surface area (Å²) < 4.78 is 22.0. The molecule has 2 aliphatic heterocycles. The normalized spacial score (nSPS) is 15.0. The summed E-state index contributed by atoms with van der Waals surface area (Å²) in [6, 6.07) is 12.0. The molecular weight excluding hydrogens is 396 g/mol. The molecule has 0 amide bonds. The lowest BCUT2D eigenvalue weighted by Crippen LogP contribution is -2.31. The molecule has 2 aliphatic rings. The van der Waals surface area contributed by atoms with E-state index in [0.717, 1.165) is 52.9 Å². The van der Waals surface area contributed by atoms with Crippen LogP contribution in [0.1, 0.15) is 16.7 Å². The zero-order valence-electron chi connectivity index (χ0n) is 17.6. The van der Waals surface area contributed by atoms with Crippen molar-refractivity contribution in [3.05, 3.63) is 53.1 Å². The SMILES string of the molecule is COc1cc2c(cc1OC)CN(c1cc(-c3cccc4c3COCO4)nc(N)n1)CC2. The summed E-state index contributed by atoms with van der Waals surface area (Å²) in [4.78, 5) is 11.2. The number of nitrogens with two attached hydrogens (primary N) is 1. The Morgan fingerprint density at radius 2 is 1.84 bits per heavy atom. The van der Waals surface area contributed by atoms with E-state index in [4.69, 9.17) is 24.7 Å². The summed E-state index contributed by atoms with van der Waals surface area (Å²) in [5.74, 6) is 3.32. The Morgan fingerprint density at radius 3 is 2.65 bits per heavy atom. The number of methoxy groups -OCH3 is 2. The molecule has 31 heavy (non-hydrogen) atoms. The van der Waals surface area contributed by atoms with Crippen LogP contribution in [0, 0.1) is 0 Å². The Labute approximate surface area is 180 Å². The van der Waals surface area contributed by atoms with E-state index in [9.17, 15) is 0 Å². The number of aromatic nitrogens is 2. The Hall–Kier alpha value is -3.52. The number of rotatable bonds is 4. The smallest absolute Gasteiger partial charge is 0.222 e. The van der Waals surface area contributed by atoms with Crippen molar-refractivity contribution in [2.75, 3.05) is 38.2 Å². The highest BCUT2D eigenvalue weighted by molar-refractivity contribution is 5.70. The van der Waals surface area contributed by atoms with E-state index in [2.05, 4.69) is 20.9 Å². The standard InChI is InChI=1S/C23H24N4O4/c1-28-20-8-14-6-7-27(11-15(14)9-21(20)29-2)22-10-18(25-23(24)26-22)16-4-3-5-19-17(16)12-30-13-31-19/h3-5,8-10H,6-7,11-13H2,1-2H3,(H2,24,25,26). The maximum atomic E-state index is 6.11. The predicted molar refractivity (Wildman–Crippen MR) is 116 cm³/mol. The van der Waals surface area contributed by atoms with Gasteiger partial charge in [-0.05, 0) is 35.7 Å². The van der Waals surface area contributed by atoms with Gasteiger partial charge < -0.3 is 29.6 Å². The van der Waals surface area contributed by atoms with Crippen molar-refractivity contribution in [3.63, 3.8) is 0 Å². The van der Waals surface area contributed by atoms with Crippen LogP contribution in [0.5, 0.6) is 17.2 Å². The number of hydrogen-bond acceptors (Lipinski definition) is 8. The molecule has 0 unspecified atom stereocenters. The number of ether oxygens (including phenoxy) is 4. The van der Waals surface area contributed by atoms with Gasteiger partial charge in [0.1, 0.15) is 11.6 Å². The molecule has 0 aliphatic carbocycles. The third-order valence-corrected chi connectivity index (χ3v) is 5.73. The Morgan fingerprint density at radius 1 is 1.03 bits per heavy atom. The second-order valence-electron chi connectivity index (χ2n) is 7.51. The van der Waals surface area contributed by atoms with E-state index in [1.165, 1.54) is 11.1 Å². The molecule has 0 fully saturated rings. The van der Waals surface area contributed by atoms with Gasteiger partial charge in [-0.3, -0.25) is 0 Å². The maximum absolute atomic E-state index is 6.11. The number of benzene rings is 2. The predicted octanol–water partition coefficient (Wildman–Crippen LogP) is 3.17. The van der Waals surface area contributed by atoms with Gasteiger partial charge in [-0.2, -0.15) is 4.98 Å². The fourth-order valence-corrected chi connectivity index (χ4v) is 4.17. The van der Waals surface area contributed by atoms with Crippen molar-refractivity contribution in [1.29, 1.82) is 0 Å². The average molecular weight is 420 g/mol. The minimum atomic E-state index is 0.237. The molecule has 0 radical (unpaired) electrons. The fourth-order valence-electron chi connectivity index (χ4n) is 4.17. The number of nitrogen functional groups attached to an aromatic ring is 1. The van der Waals surface area contributed by atoms with Crippen LogP contribution in [0.15, 0.2) is 36.4 Å². The zero-order valence-corrected chi connectivity index (χ0v) is 17.6. The lowest BCUT2D eigenvalue weighted by Gasteiger charge is -2.31. The van der Waals surface area contributed by atoms with Crippen LogP contribution >= 0.6 is 0 Å². The van der Waals surface area contributed by atoms with E-state index >= 15 is 0 Å². The van der Waals surface area contributed by atoms with E-state index in [0.29, 0.717) is 13.2 Å². The summed E-state index contributed by atoms with van der Waals surface area (Å²) in [5.41, 5.74) is 11.2. The summed E-state index contributed by atoms with van der Waals surface area (Å²) in [5, 5.41) is 0. The summed E-state index contributed by atoms with van der Waals surface area (Å²) in [6.07, 6.45) is 0.872. The molecule has 0 bridgehead atoms. The van der Waals surface area contributed by atoms with Gasteiger partial charge in [0.25, 0.3) is 0 Å². The zero-order chi connectivity index (χ0) is 21.4. The van der Waals surface area contributed by atoms with Crippen LogP contribution in [-0.4, -0.2) is 37.5 Å². The Bertz CT molecular complexity index is 1130. The molecule has 1 aromatic heterocycles. The number of fused-ring (bicyclic) bond motifs is 2. The topological polar surface area (TPSA) is 92.0 Å². The molecule has 2 N–H and O–H groups in total. The Balaban J connectivity index is 1.50. The molecule has 0 saturated carbocycles. The molecule has 0 spiro atoms. The number of hydrogen-bond donors (Lipinski definition) is 1.